The minimum atomic E-state index is -0.552. The third-order valence-electron chi connectivity index (χ3n) is 4.08. The average Bonchev–Trinajstić information content (AvgIpc) is 3.01. The number of aliphatic imine (C=N–C) groups is 1. The molecule has 9 heteroatoms. The van der Waals surface area contributed by atoms with Crippen LogP contribution < -0.4 is 10.5 Å². The summed E-state index contributed by atoms with van der Waals surface area (Å²) in [5, 5.41) is 0.526. The third-order valence-corrected chi connectivity index (χ3v) is 5.14. The van der Waals surface area contributed by atoms with Gasteiger partial charge in [-0.05, 0) is 59.8 Å². The molecule has 30 heavy (non-hydrogen) atoms. The van der Waals surface area contributed by atoms with E-state index in [9.17, 15) is 14.4 Å². The molecule has 0 spiro atoms. The number of likely N-dealkylation sites (N-methyl/N-ethyl adjacent to an activating group) is 1. The summed E-state index contributed by atoms with van der Waals surface area (Å²) in [5.41, 5.74) is 6.89. The molecule has 0 unspecified atom stereocenters. The third kappa shape index (κ3) is 5.06. The number of carbonyl (C=O) groups excluding carboxylic acids is 3. The fourth-order valence-electron chi connectivity index (χ4n) is 2.52. The van der Waals surface area contributed by atoms with Crippen molar-refractivity contribution in [3.8, 4) is 5.75 Å². The van der Waals surface area contributed by atoms with Gasteiger partial charge in [-0.1, -0.05) is 12.1 Å². The first-order valence-corrected chi connectivity index (χ1v) is 9.65. The van der Waals surface area contributed by atoms with E-state index < -0.39 is 11.9 Å². The number of carbonyl (C=O) groups is 3. The zero-order valence-corrected chi connectivity index (χ0v) is 17.1. The second-order valence-electron chi connectivity index (χ2n) is 6.23. The first-order chi connectivity index (χ1) is 14.4. The van der Waals surface area contributed by atoms with Gasteiger partial charge in [0.25, 0.3) is 11.8 Å². The first-order valence-electron chi connectivity index (χ1n) is 8.83. The van der Waals surface area contributed by atoms with Crippen LogP contribution in [-0.2, 0) is 14.3 Å². The Morgan fingerprint density at radius 3 is 2.40 bits per heavy atom. The van der Waals surface area contributed by atoms with Crippen LogP contribution in [0.25, 0.3) is 6.08 Å². The largest absolute Gasteiger partial charge is 0.484 e. The Bertz CT molecular complexity index is 1030. The number of methoxy groups -OCH3 is 1. The van der Waals surface area contributed by atoms with E-state index >= 15 is 0 Å². The molecule has 1 aliphatic heterocycles. The molecule has 1 saturated heterocycles. The molecular formula is C21H19N3O5S. The number of thioether (sulfide) groups is 1. The van der Waals surface area contributed by atoms with Gasteiger partial charge in [0.15, 0.2) is 11.8 Å². The van der Waals surface area contributed by atoms with Gasteiger partial charge in [0.2, 0.25) is 0 Å². The number of ether oxygens (including phenoxy) is 2. The molecule has 8 nitrogen and oxygen atoms in total. The SMILES string of the molecule is COC(=O)c1ccc(N=C2S/C(=C/c3ccc(OCC(N)=O)cc3)C(=O)N2C)cc1. The van der Waals surface area contributed by atoms with E-state index in [2.05, 4.69) is 9.73 Å². The van der Waals surface area contributed by atoms with Crippen LogP contribution in [0.15, 0.2) is 58.4 Å². The topological polar surface area (TPSA) is 111 Å². The van der Waals surface area contributed by atoms with Crippen LogP contribution in [0.1, 0.15) is 15.9 Å². The molecule has 0 aromatic heterocycles. The number of esters is 1. The van der Waals surface area contributed by atoms with Crippen LogP contribution in [0.4, 0.5) is 5.69 Å². The van der Waals surface area contributed by atoms with Gasteiger partial charge in [-0.15, -0.1) is 0 Å². The predicted octanol–water partition coefficient (Wildman–Crippen LogP) is 2.57. The maximum atomic E-state index is 12.6. The Morgan fingerprint density at radius 2 is 1.80 bits per heavy atom. The summed E-state index contributed by atoms with van der Waals surface area (Å²) >= 11 is 1.25. The number of nitrogens with two attached hydrogens (primary N) is 1. The summed E-state index contributed by atoms with van der Waals surface area (Å²) in [6.45, 7) is -0.194. The number of benzene rings is 2. The summed E-state index contributed by atoms with van der Waals surface area (Å²) in [6, 6.07) is 13.5. The molecular weight excluding hydrogens is 406 g/mol. The zero-order valence-electron chi connectivity index (χ0n) is 16.3. The van der Waals surface area contributed by atoms with Crippen molar-refractivity contribution in [3.63, 3.8) is 0 Å². The van der Waals surface area contributed by atoms with Crippen molar-refractivity contribution < 1.29 is 23.9 Å². The number of primary amides is 1. The fourth-order valence-corrected chi connectivity index (χ4v) is 3.50. The number of amides is 2. The minimum absolute atomic E-state index is 0.168. The smallest absolute Gasteiger partial charge is 0.337 e. The molecule has 1 heterocycles. The molecule has 0 aliphatic carbocycles. The highest BCUT2D eigenvalue weighted by Gasteiger charge is 2.30. The standard InChI is InChI=1S/C21H19N3O5S/c1-24-19(26)17(11-13-3-9-16(10-4-13)29-12-18(22)25)30-21(24)23-15-7-5-14(6-8-15)20(27)28-2/h3-11H,12H2,1-2H3,(H2,22,25)/b17-11+,23-21?. The maximum absolute atomic E-state index is 12.6. The summed E-state index contributed by atoms with van der Waals surface area (Å²) in [4.78, 5) is 41.3. The maximum Gasteiger partial charge on any atom is 0.337 e. The highest BCUT2D eigenvalue weighted by molar-refractivity contribution is 8.18. The fraction of sp³-hybridized carbons (Fsp3) is 0.143. The minimum Gasteiger partial charge on any atom is -0.484 e. The Hall–Kier alpha value is -3.59. The molecule has 2 aromatic carbocycles. The molecule has 2 aromatic rings. The molecule has 0 atom stereocenters. The molecule has 2 N–H and O–H groups in total. The lowest BCUT2D eigenvalue weighted by molar-refractivity contribution is -0.121. The molecule has 1 aliphatic rings. The van der Waals surface area contributed by atoms with Crippen LogP contribution >= 0.6 is 11.8 Å². The van der Waals surface area contributed by atoms with E-state index in [0.29, 0.717) is 27.1 Å². The Morgan fingerprint density at radius 1 is 1.13 bits per heavy atom. The number of hydrogen-bond donors (Lipinski definition) is 1. The number of rotatable bonds is 6. The molecule has 154 valence electrons. The van der Waals surface area contributed by atoms with Gasteiger partial charge in [0.05, 0.1) is 23.3 Å². The van der Waals surface area contributed by atoms with Gasteiger partial charge in [-0.3, -0.25) is 14.5 Å². The van der Waals surface area contributed by atoms with Gasteiger partial charge in [-0.2, -0.15) is 0 Å². The highest BCUT2D eigenvalue weighted by Crippen LogP contribution is 2.33. The summed E-state index contributed by atoms with van der Waals surface area (Å²) in [6.07, 6.45) is 1.75. The number of nitrogens with zero attached hydrogens (tertiary/aromatic N) is 2. The molecule has 2 amide bonds. The summed E-state index contributed by atoms with van der Waals surface area (Å²) in [7, 11) is 2.97. The first kappa shape index (κ1) is 21.1. The summed E-state index contributed by atoms with van der Waals surface area (Å²) in [5.74, 6) is -0.632. The van der Waals surface area contributed by atoms with Crippen molar-refractivity contribution in [3.05, 3.63) is 64.6 Å². The summed E-state index contributed by atoms with van der Waals surface area (Å²) < 4.78 is 9.90. The zero-order chi connectivity index (χ0) is 21.7. The van der Waals surface area contributed by atoms with E-state index in [1.54, 1.807) is 61.7 Å². The van der Waals surface area contributed by atoms with Crippen molar-refractivity contribution in [2.24, 2.45) is 10.7 Å². The molecule has 0 bridgehead atoms. The van der Waals surface area contributed by atoms with E-state index in [4.69, 9.17) is 10.5 Å². The van der Waals surface area contributed by atoms with Crippen LogP contribution in [-0.4, -0.2) is 48.6 Å². The van der Waals surface area contributed by atoms with Gasteiger partial charge >= 0.3 is 5.97 Å². The Balaban J connectivity index is 1.74. The lowest BCUT2D eigenvalue weighted by Gasteiger charge is -2.07. The molecule has 1 fully saturated rings. The lowest BCUT2D eigenvalue weighted by Crippen LogP contribution is -2.23. The Kier molecular flexibility index (Phi) is 6.53. The van der Waals surface area contributed by atoms with E-state index in [1.807, 2.05) is 0 Å². The van der Waals surface area contributed by atoms with Gasteiger partial charge in [0, 0.05) is 7.05 Å². The van der Waals surface area contributed by atoms with Crippen LogP contribution in [0.2, 0.25) is 0 Å². The molecule has 0 radical (unpaired) electrons. The van der Waals surface area contributed by atoms with E-state index in [1.165, 1.54) is 23.8 Å². The van der Waals surface area contributed by atoms with Crippen molar-refractivity contribution in [2.75, 3.05) is 20.8 Å². The van der Waals surface area contributed by atoms with Gasteiger partial charge in [-0.25, -0.2) is 9.79 Å². The average molecular weight is 425 g/mol. The lowest BCUT2D eigenvalue weighted by atomic mass is 10.2. The monoisotopic (exact) mass is 425 g/mol. The van der Waals surface area contributed by atoms with Gasteiger partial charge < -0.3 is 15.2 Å². The van der Waals surface area contributed by atoms with Crippen LogP contribution in [0.3, 0.4) is 0 Å². The predicted molar refractivity (Wildman–Crippen MR) is 114 cm³/mol. The van der Waals surface area contributed by atoms with Crippen LogP contribution in [0.5, 0.6) is 5.75 Å². The van der Waals surface area contributed by atoms with Crippen molar-refractivity contribution in [1.29, 1.82) is 0 Å². The highest BCUT2D eigenvalue weighted by atomic mass is 32.2. The second-order valence-corrected chi connectivity index (χ2v) is 7.24. The van der Waals surface area contributed by atoms with Crippen molar-refractivity contribution in [1.82, 2.24) is 4.90 Å². The number of hydrogen-bond acceptors (Lipinski definition) is 7. The quantitative estimate of drug-likeness (QED) is 0.562. The van der Waals surface area contributed by atoms with Crippen molar-refractivity contribution >= 4 is 46.5 Å². The second kappa shape index (κ2) is 9.27. The normalized spacial score (nSPS) is 16.2. The van der Waals surface area contributed by atoms with E-state index in [0.717, 1.165) is 5.56 Å². The van der Waals surface area contributed by atoms with Crippen molar-refractivity contribution in [2.45, 2.75) is 0 Å². The Labute approximate surface area is 177 Å². The van der Waals surface area contributed by atoms with E-state index in [-0.39, 0.29) is 12.5 Å². The number of amidine groups is 1. The molecule has 0 saturated carbocycles. The van der Waals surface area contributed by atoms with Gasteiger partial charge in [0.1, 0.15) is 5.75 Å². The molecule has 3 rings (SSSR count). The van der Waals surface area contributed by atoms with Crippen LogP contribution in [0, 0.1) is 0 Å².